The van der Waals surface area contributed by atoms with E-state index in [-0.39, 0.29) is 11.5 Å². The Bertz CT molecular complexity index is 814. The van der Waals surface area contributed by atoms with Crippen LogP contribution < -0.4 is 5.32 Å². The first-order chi connectivity index (χ1) is 11.1. The molecule has 1 amide bonds. The standard InChI is InChI=1S/C16H12Cl2N4O/c17-13-5-2-6-14(18)15(13)16(23)20-8-11-3-1-4-12(7-11)22-10-19-9-21-22/h1-7,9-10H,8H2,(H,20,23). The normalized spacial score (nSPS) is 10.5. The zero-order valence-corrected chi connectivity index (χ0v) is 13.4. The highest BCUT2D eigenvalue weighted by Crippen LogP contribution is 2.24. The molecule has 0 bridgehead atoms. The van der Waals surface area contributed by atoms with Crippen LogP contribution >= 0.6 is 23.2 Å². The summed E-state index contributed by atoms with van der Waals surface area (Å²) in [6, 6.07) is 12.6. The van der Waals surface area contributed by atoms with Gasteiger partial charge in [-0.1, -0.05) is 41.4 Å². The molecule has 3 aromatic rings. The highest BCUT2D eigenvalue weighted by Gasteiger charge is 2.14. The quantitative estimate of drug-likeness (QED) is 0.786. The number of carbonyl (C=O) groups is 1. The Morgan fingerprint density at radius 2 is 1.87 bits per heavy atom. The van der Waals surface area contributed by atoms with Crippen molar-refractivity contribution in [3.63, 3.8) is 0 Å². The third-order valence-corrected chi connectivity index (χ3v) is 3.87. The highest BCUT2D eigenvalue weighted by atomic mass is 35.5. The Hall–Kier alpha value is -2.37. The van der Waals surface area contributed by atoms with Crippen molar-refractivity contribution in [1.82, 2.24) is 20.1 Å². The van der Waals surface area contributed by atoms with Crippen molar-refractivity contribution in [1.29, 1.82) is 0 Å². The number of carbonyl (C=O) groups excluding carboxylic acids is 1. The zero-order chi connectivity index (χ0) is 16.2. The van der Waals surface area contributed by atoms with Gasteiger partial charge in [0.15, 0.2) is 0 Å². The van der Waals surface area contributed by atoms with Gasteiger partial charge in [0.05, 0.1) is 21.3 Å². The van der Waals surface area contributed by atoms with Crippen molar-refractivity contribution in [2.75, 3.05) is 0 Å². The van der Waals surface area contributed by atoms with Crippen LogP contribution in [0, 0.1) is 0 Å². The maximum Gasteiger partial charge on any atom is 0.254 e. The third kappa shape index (κ3) is 3.52. The van der Waals surface area contributed by atoms with Gasteiger partial charge >= 0.3 is 0 Å². The number of halogens is 2. The van der Waals surface area contributed by atoms with Crippen molar-refractivity contribution in [2.24, 2.45) is 0 Å². The van der Waals surface area contributed by atoms with Gasteiger partial charge in [0.1, 0.15) is 12.7 Å². The number of rotatable bonds is 4. The molecule has 0 radical (unpaired) electrons. The van der Waals surface area contributed by atoms with E-state index in [1.807, 2.05) is 24.3 Å². The molecule has 0 fully saturated rings. The SMILES string of the molecule is O=C(NCc1cccc(-n2cncn2)c1)c1c(Cl)cccc1Cl. The van der Waals surface area contributed by atoms with Crippen LogP contribution in [0.25, 0.3) is 5.69 Å². The summed E-state index contributed by atoms with van der Waals surface area (Å²) in [7, 11) is 0. The van der Waals surface area contributed by atoms with Crippen molar-refractivity contribution in [3.8, 4) is 5.69 Å². The Kier molecular flexibility index (Phi) is 4.60. The Labute approximate surface area is 142 Å². The molecule has 116 valence electrons. The summed E-state index contributed by atoms with van der Waals surface area (Å²) in [5, 5.41) is 7.54. The number of nitrogens with one attached hydrogen (secondary N) is 1. The van der Waals surface area contributed by atoms with Gasteiger partial charge < -0.3 is 5.32 Å². The fourth-order valence-electron chi connectivity index (χ4n) is 2.14. The second-order valence-corrected chi connectivity index (χ2v) is 5.60. The van der Waals surface area contributed by atoms with Crippen LogP contribution in [-0.2, 0) is 6.54 Å². The number of nitrogens with zero attached hydrogens (tertiary/aromatic N) is 3. The molecule has 3 rings (SSSR count). The molecular weight excluding hydrogens is 335 g/mol. The lowest BCUT2D eigenvalue weighted by Gasteiger charge is -2.09. The van der Waals surface area contributed by atoms with E-state index in [2.05, 4.69) is 15.4 Å². The molecule has 0 aliphatic carbocycles. The molecule has 0 saturated carbocycles. The van der Waals surface area contributed by atoms with Crippen LogP contribution in [0.3, 0.4) is 0 Å². The van der Waals surface area contributed by atoms with E-state index >= 15 is 0 Å². The molecule has 1 heterocycles. The summed E-state index contributed by atoms with van der Waals surface area (Å²) in [5.41, 5.74) is 2.07. The van der Waals surface area contributed by atoms with Crippen molar-refractivity contribution in [2.45, 2.75) is 6.54 Å². The lowest BCUT2D eigenvalue weighted by Crippen LogP contribution is -2.23. The number of hydrogen-bond donors (Lipinski definition) is 1. The van der Waals surface area contributed by atoms with Gasteiger partial charge in [0.2, 0.25) is 0 Å². The average molecular weight is 347 g/mol. The molecule has 1 aromatic heterocycles. The summed E-state index contributed by atoms with van der Waals surface area (Å²) in [6.07, 6.45) is 3.08. The van der Waals surface area contributed by atoms with Gasteiger partial charge in [-0.25, -0.2) is 9.67 Å². The molecule has 0 spiro atoms. The first-order valence-corrected chi connectivity index (χ1v) is 7.57. The van der Waals surface area contributed by atoms with Gasteiger partial charge in [-0.3, -0.25) is 4.79 Å². The first kappa shape index (κ1) is 15.5. The van der Waals surface area contributed by atoms with Crippen LogP contribution in [0.5, 0.6) is 0 Å². The van der Waals surface area contributed by atoms with Gasteiger partial charge in [0, 0.05) is 6.54 Å². The Morgan fingerprint density at radius 3 is 2.57 bits per heavy atom. The smallest absolute Gasteiger partial charge is 0.254 e. The summed E-state index contributed by atoms with van der Waals surface area (Å²) < 4.78 is 1.65. The first-order valence-electron chi connectivity index (χ1n) is 6.81. The largest absolute Gasteiger partial charge is 0.348 e. The Balaban J connectivity index is 1.74. The van der Waals surface area contributed by atoms with Gasteiger partial charge in [-0.05, 0) is 29.8 Å². The third-order valence-electron chi connectivity index (χ3n) is 3.24. The average Bonchev–Trinajstić information content (AvgIpc) is 3.07. The second-order valence-electron chi connectivity index (χ2n) is 4.79. The van der Waals surface area contributed by atoms with Crippen LogP contribution in [0.2, 0.25) is 10.0 Å². The van der Waals surface area contributed by atoms with E-state index in [4.69, 9.17) is 23.2 Å². The van der Waals surface area contributed by atoms with Crippen molar-refractivity contribution < 1.29 is 4.79 Å². The summed E-state index contributed by atoms with van der Waals surface area (Å²) in [6.45, 7) is 0.350. The minimum Gasteiger partial charge on any atom is -0.348 e. The summed E-state index contributed by atoms with van der Waals surface area (Å²) in [4.78, 5) is 16.2. The molecule has 23 heavy (non-hydrogen) atoms. The van der Waals surface area contributed by atoms with E-state index in [9.17, 15) is 4.79 Å². The van der Waals surface area contributed by atoms with Crippen LogP contribution in [-0.4, -0.2) is 20.7 Å². The maximum atomic E-state index is 12.3. The molecular formula is C16H12Cl2N4O. The van der Waals surface area contributed by atoms with Crippen LogP contribution in [0.4, 0.5) is 0 Å². The zero-order valence-electron chi connectivity index (χ0n) is 11.9. The number of aromatic nitrogens is 3. The maximum absolute atomic E-state index is 12.3. The van der Waals surface area contributed by atoms with Gasteiger partial charge in [0.25, 0.3) is 5.91 Å². The van der Waals surface area contributed by atoms with Crippen molar-refractivity contribution in [3.05, 3.63) is 76.3 Å². The van der Waals surface area contributed by atoms with Gasteiger partial charge in [-0.2, -0.15) is 5.10 Å². The lowest BCUT2D eigenvalue weighted by molar-refractivity contribution is 0.0951. The predicted molar refractivity (Wildman–Crippen MR) is 89.0 cm³/mol. The molecule has 0 atom stereocenters. The number of amides is 1. The monoisotopic (exact) mass is 346 g/mol. The fourth-order valence-corrected chi connectivity index (χ4v) is 2.71. The molecule has 7 heteroatoms. The van der Waals surface area contributed by atoms with E-state index in [0.29, 0.717) is 16.6 Å². The molecule has 0 aliphatic heterocycles. The lowest BCUT2D eigenvalue weighted by atomic mass is 10.1. The minimum absolute atomic E-state index is 0.281. The summed E-state index contributed by atoms with van der Waals surface area (Å²) >= 11 is 12.1. The fraction of sp³-hybridized carbons (Fsp3) is 0.0625. The van der Waals surface area contributed by atoms with Gasteiger partial charge in [-0.15, -0.1) is 0 Å². The van der Waals surface area contributed by atoms with E-state index in [0.717, 1.165) is 11.3 Å². The van der Waals surface area contributed by atoms with Crippen molar-refractivity contribution >= 4 is 29.1 Å². The Morgan fingerprint density at radius 1 is 1.13 bits per heavy atom. The summed E-state index contributed by atoms with van der Waals surface area (Å²) in [5.74, 6) is -0.313. The number of benzene rings is 2. The highest BCUT2D eigenvalue weighted by molar-refractivity contribution is 6.39. The van der Waals surface area contributed by atoms with E-state index < -0.39 is 0 Å². The predicted octanol–water partition coefficient (Wildman–Crippen LogP) is 3.50. The number of hydrogen-bond acceptors (Lipinski definition) is 3. The molecule has 0 aliphatic rings. The topological polar surface area (TPSA) is 59.8 Å². The van der Waals surface area contributed by atoms with E-state index in [1.165, 1.54) is 6.33 Å². The molecule has 0 unspecified atom stereocenters. The minimum atomic E-state index is -0.313. The molecule has 5 nitrogen and oxygen atoms in total. The molecule has 0 saturated heterocycles. The van der Waals surface area contributed by atoms with E-state index in [1.54, 1.807) is 29.2 Å². The second kappa shape index (κ2) is 6.81. The molecule has 1 N–H and O–H groups in total. The van der Waals surface area contributed by atoms with Crippen LogP contribution in [0.15, 0.2) is 55.1 Å². The van der Waals surface area contributed by atoms with Crippen LogP contribution in [0.1, 0.15) is 15.9 Å². The molecule has 2 aromatic carbocycles.